The zero-order valence-corrected chi connectivity index (χ0v) is 15.4. The van der Waals surface area contributed by atoms with Crippen LogP contribution in [0.5, 0.6) is 0 Å². The molecule has 2 aromatic heterocycles. The molecular formula is C19H20N4OS. The number of likely N-dealkylation sites (N-methyl/N-ethyl adjacent to an activating group) is 1. The Bertz CT molecular complexity index is 965. The molecular weight excluding hydrogens is 332 g/mol. The smallest absolute Gasteiger partial charge is 0.269 e. The zero-order chi connectivity index (χ0) is 17.6. The van der Waals surface area contributed by atoms with E-state index in [1.165, 1.54) is 10.4 Å². The molecule has 6 heteroatoms. The van der Waals surface area contributed by atoms with Crippen LogP contribution in [-0.4, -0.2) is 36.0 Å². The van der Waals surface area contributed by atoms with E-state index in [9.17, 15) is 4.79 Å². The van der Waals surface area contributed by atoms with Crippen LogP contribution >= 0.6 is 11.3 Å². The first-order valence-electron chi connectivity index (χ1n) is 8.47. The van der Waals surface area contributed by atoms with Crippen molar-refractivity contribution in [3.63, 3.8) is 0 Å². The van der Waals surface area contributed by atoms with Crippen LogP contribution in [0.25, 0.3) is 11.0 Å². The van der Waals surface area contributed by atoms with Crippen molar-refractivity contribution in [1.82, 2.24) is 9.97 Å². The number of benzene rings is 1. The van der Waals surface area contributed by atoms with Crippen molar-refractivity contribution in [2.24, 2.45) is 0 Å². The molecule has 0 bridgehead atoms. The monoisotopic (exact) mass is 352 g/mol. The van der Waals surface area contributed by atoms with E-state index in [1.54, 1.807) is 16.2 Å². The van der Waals surface area contributed by atoms with Gasteiger partial charge >= 0.3 is 0 Å². The summed E-state index contributed by atoms with van der Waals surface area (Å²) < 4.78 is 0. The van der Waals surface area contributed by atoms with Crippen LogP contribution in [-0.2, 0) is 6.42 Å². The van der Waals surface area contributed by atoms with Gasteiger partial charge in [0.1, 0.15) is 0 Å². The number of carbonyl (C=O) groups is 1. The number of rotatable bonds is 2. The van der Waals surface area contributed by atoms with E-state index in [4.69, 9.17) is 9.97 Å². The Morgan fingerprint density at radius 2 is 1.84 bits per heavy atom. The summed E-state index contributed by atoms with van der Waals surface area (Å²) in [5.41, 5.74) is 2.85. The molecule has 5 nitrogen and oxygen atoms in total. The molecule has 0 saturated carbocycles. The fourth-order valence-electron chi connectivity index (χ4n) is 3.19. The van der Waals surface area contributed by atoms with Gasteiger partial charge in [-0.05, 0) is 37.1 Å². The number of aryl methyl sites for hydroxylation is 2. The lowest BCUT2D eigenvalue weighted by Crippen LogP contribution is -2.43. The van der Waals surface area contributed by atoms with Gasteiger partial charge < -0.3 is 4.90 Å². The molecule has 0 N–H and O–H groups in total. The van der Waals surface area contributed by atoms with Crippen molar-refractivity contribution >= 4 is 39.9 Å². The summed E-state index contributed by atoms with van der Waals surface area (Å²) in [6.45, 7) is 5.55. The SMILES string of the molecule is CCc1sc(C(=O)N2CCN(C)c3nc4ccccc4nc32)cc1C. The van der Waals surface area contributed by atoms with Gasteiger partial charge in [-0.1, -0.05) is 19.1 Å². The molecule has 0 atom stereocenters. The first-order chi connectivity index (χ1) is 12.1. The first kappa shape index (κ1) is 16.0. The Morgan fingerprint density at radius 1 is 1.16 bits per heavy atom. The number of fused-ring (bicyclic) bond motifs is 2. The van der Waals surface area contributed by atoms with Crippen molar-refractivity contribution in [1.29, 1.82) is 0 Å². The third-order valence-electron chi connectivity index (χ3n) is 4.61. The lowest BCUT2D eigenvalue weighted by atomic mass is 10.2. The molecule has 1 aliphatic heterocycles. The molecule has 3 aromatic rings. The van der Waals surface area contributed by atoms with E-state index in [2.05, 4.69) is 18.7 Å². The third-order valence-corrected chi connectivity index (χ3v) is 5.98. The van der Waals surface area contributed by atoms with Crippen LogP contribution < -0.4 is 9.80 Å². The average Bonchev–Trinajstić information content (AvgIpc) is 3.01. The highest BCUT2D eigenvalue weighted by Crippen LogP contribution is 2.33. The molecule has 0 spiro atoms. The summed E-state index contributed by atoms with van der Waals surface area (Å²) in [6.07, 6.45) is 0.952. The summed E-state index contributed by atoms with van der Waals surface area (Å²) in [5, 5.41) is 0. The molecule has 1 aromatic carbocycles. The van der Waals surface area contributed by atoms with Gasteiger partial charge in [0.05, 0.1) is 15.9 Å². The molecule has 1 aliphatic rings. The number of nitrogens with zero attached hydrogens (tertiary/aromatic N) is 4. The quantitative estimate of drug-likeness (QED) is 0.706. The molecule has 3 heterocycles. The first-order valence-corrected chi connectivity index (χ1v) is 9.29. The van der Waals surface area contributed by atoms with Crippen LogP contribution in [0.15, 0.2) is 30.3 Å². The number of hydrogen-bond donors (Lipinski definition) is 0. The maximum absolute atomic E-state index is 13.1. The lowest BCUT2D eigenvalue weighted by molar-refractivity contribution is 0.0989. The van der Waals surface area contributed by atoms with Crippen molar-refractivity contribution in [3.8, 4) is 0 Å². The van der Waals surface area contributed by atoms with Gasteiger partial charge in [-0.15, -0.1) is 11.3 Å². The van der Waals surface area contributed by atoms with Crippen LogP contribution in [0.1, 0.15) is 27.0 Å². The molecule has 0 fully saturated rings. The average molecular weight is 352 g/mol. The summed E-state index contributed by atoms with van der Waals surface area (Å²) in [7, 11) is 1.99. The van der Waals surface area contributed by atoms with Crippen LogP contribution in [0.4, 0.5) is 11.6 Å². The third kappa shape index (κ3) is 2.66. The van der Waals surface area contributed by atoms with Crippen molar-refractivity contribution in [2.45, 2.75) is 20.3 Å². The topological polar surface area (TPSA) is 49.3 Å². The van der Waals surface area contributed by atoms with Crippen LogP contribution in [0.3, 0.4) is 0 Å². The molecule has 0 aliphatic carbocycles. The normalized spacial score (nSPS) is 14.0. The number of hydrogen-bond acceptors (Lipinski definition) is 5. The van der Waals surface area contributed by atoms with Crippen LogP contribution in [0.2, 0.25) is 0 Å². The van der Waals surface area contributed by atoms with Gasteiger partial charge in [0.2, 0.25) is 0 Å². The molecule has 0 radical (unpaired) electrons. The highest BCUT2D eigenvalue weighted by atomic mass is 32.1. The minimum Gasteiger partial charge on any atom is -0.355 e. The van der Waals surface area contributed by atoms with E-state index < -0.39 is 0 Å². The van der Waals surface area contributed by atoms with Gasteiger partial charge in [0.25, 0.3) is 5.91 Å². The maximum Gasteiger partial charge on any atom is 0.269 e. The maximum atomic E-state index is 13.1. The second kappa shape index (κ2) is 6.11. The van der Waals surface area contributed by atoms with E-state index in [-0.39, 0.29) is 5.91 Å². The summed E-state index contributed by atoms with van der Waals surface area (Å²) in [6, 6.07) is 9.78. The van der Waals surface area contributed by atoms with Gasteiger partial charge in [-0.2, -0.15) is 0 Å². The summed E-state index contributed by atoms with van der Waals surface area (Å²) >= 11 is 1.59. The Morgan fingerprint density at radius 3 is 2.48 bits per heavy atom. The predicted octanol–water partition coefficient (Wildman–Crippen LogP) is 3.66. The summed E-state index contributed by atoms with van der Waals surface area (Å²) in [5.74, 6) is 1.44. The molecule has 4 rings (SSSR count). The van der Waals surface area contributed by atoms with Crippen molar-refractivity contribution in [2.75, 3.05) is 29.9 Å². The van der Waals surface area contributed by atoms with Gasteiger partial charge in [0, 0.05) is 25.0 Å². The van der Waals surface area contributed by atoms with E-state index >= 15 is 0 Å². The molecule has 1 amide bonds. The zero-order valence-electron chi connectivity index (χ0n) is 14.6. The minimum atomic E-state index is 0.0201. The Balaban J connectivity index is 1.80. The predicted molar refractivity (Wildman–Crippen MR) is 103 cm³/mol. The fraction of sp³-hybridized carbons (Fsp3) is 0.316. The molecule has 0 unspecified atom stereocenters. The molecule has 0 saturated heterocycles. The number of anilines is 2. The number of para-hydroxylation sites is 2. The Labute approximate surface area is 150 Å². The van der Waals surface area contributed by atoms with E-state index in [0.29, 0.717) is 12.4 Å². The van der Waals surface area contributed by atoms with Crippen LogP contribution in [0, 0.1) is 6.92 Å². The molecule has 25 heavy (non-hydrogen) atoms. The van der Waals surface area contributed by atoms with Gasteiger partial charge in [-0.3, -0.25) is 9.69 Å². The highest BCUT2D eigenvalue weighted by molar-refractivity contribution is 7.14. The van der Waals surface area contributed by atoms with Gasteiger partial charge in [0.15, 0.2) is 11.6 Å². The van der Waals surface area contributed by atoms with Crippen molar-refractivity contribution < 1.29 is 4.79 Å². The van der Waals surface area contributed by atoms with Crippen molar-refractivity contribution in [3.05, 3.63) is 45.6 Å². The highest BCUT2D eigenvalue weighted by Gasteiger charge is 2.30. The second-order valence-electron chi connectivity index (χ2n) is 6.31. The second-order valence-corrected chi connectivity index (χ2v) is 7.45. The van der Waals surface area contributed by atoms with E-state index in [0.717, 1.165) is 34.7 Å². The number of carbonyl (C=O) groups excluding carboxylic acids is 1. The number of thiophene rings is 1. The summed E-state index contributed by atoms with van der Waals surface area (Å²) in [4.78, 5) is 28.5. The fourth-order valence-corrected chi connectivity index (χ4v) is 4.25. The lowest BCUT2D eigenvalue weighted by Gasteiger charge is -2.33. The molecule has 128 valence electrons. The van der Waals surface area contributed by atoms with Gasteiger partial charge in [-0.25, -0.2) is 9.97 Å². The standard InChI is InChI=1S/C19H20N4OS/c1-4-15-12(2)11-16(25-15)19(24)23-10-9-22(3)17-18(23)21-14-8-6-5-7-13(14)20-17/h5-8,11H,4,9-10H2,1-3H3. The largest absolute Gasteiger partial charge is 0.355 e. The Hall–Kier alpha value is -2.47. The Kier molecular flexibility index (Phi) is 3.92. The number of amides is 1. The number of aromatic nitrogens is 2. The van der Waals surface area contributed by atoms with E-state index in [1.807, 2.05) is 37.4 Å². The minimum absolute atomic E-state index is 0.0201.